The minimum Gasteiger partial charge on any atom is -0.319 e. The van der Waals surface area contributed by atoms with E-state index in [-0.39, 0.29) is 6.04 Å². The van der Waals surface area contributed by atoms with Crippen molar-refractivity contribution in [2.75, 3.05) is 0 Å². The molecular formula is C14H19N3. The molecule has 2 aromatic rings. The lowest BCUT2D eigenvalue weighted by Gasteiger charge is -2.16. The number of aryl methyl sites for hydroxylation is 3. The summed E-state index contributed by atoms with van der Waals surface area (Å²) < 4.78 is 1.95. The van der Waals surface area contributed by atoms with Crippen LogP contribution < -0.4 is 5.73 Å². The summed E-state index contributed by atoms with van der Waals surface area (Å²) in [4.78, 5) is 0. The number of nitrogens with zero attached hydrogens (tertiary/aromatic N) is 2. The Morgan fingerprint density at radius 1 is 1.29 bits per heavy atom. The van der Waals surface area contributed by atoms with E-state index in [0.29, 0.717) is 0 Å². The van der Waals surface area contributed by atoms with Crippen molar-refractivity contribution in [3.8, 4) is 0 Å². The highest BCUT2D eigenvalue weighted by atomic mass is 15.3. The molecule has 0 aliphatic rings. The van der Waals surface area contributed by atoms with Gasteiger partial charge in [-0.15, -0.1) is 0 Å². The molecule has 1 aromatic heterocycles. The fraction of sp³-hybridized carbons (Fsp3) is 0.357. The summed E-state index contributed by atoms with van der Waals surface area (Å²) in [5, 5.41) is 4.27. The van der Waals surface area contributed by atoms with Crippen LogP contribution in [-0.2, 0) is 6.54 Å². The summed E-state index contributed by atoms with van der Waals surface area (Å²) >= 11 is 0. The van der Waals surface area contributed by atoms with Gasteiger partial charge in [0.2, 0.25) is 0 Å². The maximum atomic E-state index is 6.35. The molecule has 0 bridgehead atoms. The summed E-state index contributed by atoms with van der Waals surface area (Å²) in [5.41, 5.74) is 11.1. The van der Waals surface area contributed by atoms with Crippen LogP contribution in [0.25, 0.3) is 0 Å². The molecule has 0 radical (unpaired) electrons. The largest absolute Gasteiger partial charge is 0.319 e. The Morgan fingerprint density at radius 2 is 2.06 bits per heavy atom. The Hall–Kier alpha value is -1.61. The predicted octanol–water partition coefficient (Wildman–Crippen LogP) is 2.57. The van der Waals surface area contributed by atoms with Gasteiger partial charge in [0.15, 0.2) is 0 Å². The number of rotatable bonds is 3. The molecular weight excluding hydrogens is 210 g/mol. The Morgan fingerprint density at radius 3 is 2.76 bits per heavy atom. The van der Waals surface area contributed by atoms with E-state index in [9.17, 15) is 0 Å². The SMILES string of the molecule is CCn1nccc1C(N)c1cc(C)ccc1C. The molecule has 0 aliphatic carbocycles. The molecule has 2 N–H and O–H groups in total. The van der Waals surface area contributed by atoms with Gasteiger partial charge < -0.3 is 5.73 Å². The van der Waals surface area contributed by atoms with Crippen LogP contribution in [0.2, 0.25) is 0 Å². The van der Waals surface area contributed by atoms with E-state index >= 15 is 0 Å². The van der Waals surface area contributed by atoms with Crippen molar-refractivity contribution >= 4 is 0 Å². The van der Waals surface area contributed by atoms with Gasteiger partial charge >= 0.3 is 0 Å². The lowest BCUT2D eigenvalue weighted by atomic mass is 9.97. The summed E-state index contributed by atoms with van der Waals surface area (Å²) in [6, 6.07) is 8.29. The standard InChI is InChI=1S/C14H19N3/c1-4-17-13(7-8-16-17)14(15)12-9-10(2)5-6-11(12)3/h5-9,14H,4,15H2,1-3H3. The highest BCUT2D eigenvalue weighted by molar-refractivity contribution is 5.36. The Kier molecular flexibility index (Phi) is 3.29. The van der Waals surface area contributed by atoms with Gasteiger partial charge in [0.05, 0.1) is 11.7 Å². The minimum atomic E-state index is -0.0997. The fourth-order valence-corrected chi connectivity index (χ4v) is 2.13. The molecule has 0 saturated heterocycles. The zero-order chi connectivity index (χ0) is 12.4. The summed E-state index contributed by atoms with van der Waals surface area (Å²) in [6.07, 6.45) is 1.81. The third-order valence-electron chi connectivity index (χ3n) is 3.14. The van der Waals surface area contributed by atoms with E-state index in [1.807, 2.05) is 16.9 Å². The predicted molar refractivity (Wildman–Crippen MR) is 69.8 cm³/mol. The van der Waals surface area contributed by atoms with Gasteiger partial charge in [-0.25, -0.2) is 0 Å². The molecule has 0 fully saturated rings. The molecule has 0 amide bonds. The first-order valence-electron chi connectivity index (χ1n) is 5.98. The third kappa shape index (κ3) is 2.24. The molecule has 0 saturated carbocycles. The average Bonchev–Trinajstić information content (AvgIpc) is 2.79. The summed E-state index contributed by atoms with van der Waals surface area (Å²) in [6.45, 7) is 7.11. The molecule has 17 heavy (non-hydrogen) atoms. The Balaban J connectivity index is 2.43. The molecule has 3 heteroatoms. The van der Waals surface area contributed by atoms with Crippen LogP contribution in [0.4, 0.5) is 0 Å². The molecule has 0 spiro atoms. The normalized spacial score (nSPS) is 12.7. The van der Waals surface area contributed by atoms with E-state index in [1.165, 1.54) is 16.7 Å². The molecule has 1 unspecified atom stereocenters. The van der Waals surface area contributed by atoms with Crippen LogP contribution in [0.1, 0.15) is 35.3 Å². The first-order chi connectivity index (χ1) is 8.13. The minimum absolute atomic E-state index is 0.0997. The molecule has 90 valence electrons. The van der Waals surface area contributed by atoms with E-state index < -0.39 is 0 Å². The van der Waals surface area contributed by atoms with Crippen molar-refractivity contribution in [3.05, 3.63) is 52.8 Å². The second-order valence-electron chi connectivity index (χ2n) is 4.41. The van der Waals surface area contributed by atoms with Crippen molar-refractivity contribution in [1.82, 2.24) is 9.78 Å². The van der Waals surface area contributed by atoms with Crippen LogP contribution in [0.15, 0.2) is 30.5 Å². The first-order valence-corrected chi connectivity index (χ1v) is 5.98. The molecule has 1 aromatic carbocycles. The van der Waals surface area contributed by atoms with Crippen molar-refractivity contribution < 1.29 is 0 Å². The van der Waals surface area contributed by atoms with Gasteiger partial charge in [0, 0.05) is 12.7 Å². The summed E-state index contributed by atoms with van der Waals surface area (Å²) in [7, 11) is 0. The number of nitrogens with two attached hydrogens (primary N) is 1. The zero-order valence-electron chi connectivity index (χ0n) is 10.6. The number of benzene rings is 1. The molecule has 1 heterocycles. The molecule has 1 atom stereocenters. The fourth-order valence-electron chi connectivity index (χ4n) is 2.13. The van der Waals surface area contributed by atoms with E-state index in [2.05, 4.69) is 44.1 Å². The Bertz CT molecular complexity index is 514. The second kappa shape index (κ2) is 4.72. The van der Waals surface area contributed by atoms with Crippen molar-refractivity contribution in [3.63, 3.8) is 0 Å². The first kappa shape index (κ1) is 11.9. The average molecular weight is 229 g/mol. The smallest absolute Gasteiger partial charge is 0.0725 e. The zero-order valence-corrected chi connectivity index (χ0v) is 10.6. The highest BCUT2D eigenvalue weighted by Crippen LogP contribution is 2.23. The van der Waals surface area contributed by atoms with Gasteiger partial charge in [0.25, 0.3) is 0 Å². The van der Waals surface area contributed by atoms with Crippen LogP contribution in [0, 0.1) is 13.8 Å². The second-order valence-corrected chi connectivity index (χ2v) is 4.41. The van der Waals surface area contributed by atoms with Gasteiger partial charge in [-0.2, -0.15) is 5.10 Å². The van der Waals surface area contributed by atoms with Gasteiger partial charge in [-0.1, -0.05) is 23.8 Å². The molecule has 3 nitrogen and oxygen atoms in total. The van der Waals surface area contributed by atoms with Crippen LogP contribution in [0.5, 0.6) is 0 Å². The highest BCUT2D eigenvalue weighted by Gasteiger charge is 2.15. The molecule has 0 aliphatic heterocycles. The van der Waals surface area contributed by atoms with Crippen molar-refractivity contribution in [2.45, 2.75) is 33.4 Å². The quantitative estimate of drug-likeness (QED) is 0.879. The van der Waals surface area contributed by atoms with Crippen LogP contribution in [0.3, 0.4) is 0 Å². The van der Waals surface area contributed by atoms with E-state index in [4.69, 9.17) is 5.73 Å². The van der Waals surface area contributed by atoms with E-state index in [0.717, 1.165) is 12.2 Å². The van der Waals surface area contributed by atoms with Gasteiger partial charge in [-0.3, -0.25) is 4.68 Å². The van der Waals surface area contributed by atoms with Crippen molar-refractivity contribution in [1.29, 1.82) is 0 Å². The number of hydrogen-bond acceptors (Lipinski definition) is 2. The monoisotopic (exact) mass is 229 g/mol. The summed E-state index contributed by atoms with van der Waals surface area (Å²) in [5.74, 6) is 0. The lowest BCUT2D eigenvalue weighted by Crippen LogP contribution is -2.18. The van der Waals surface area contributed by atoms with Crippen LogP contribution in [-0.4, -0.2) is 9.78 Å². The van der Waals surface area contributed by atoms with Gasteiger partial charge in [0.1, 0.15) is 0 Å². The van der Waals surface area contributed by atoms with E-state index in [1.54, 1.807) is 0 Å². The van der Waals surface area contributed by atoms with Gasteiger partial charge in [-0.05, 0) is 38.0 Å². The maximum Gasteiger partial charge on any atom is 0.0725 e. The number of hydrogen-bond donors (Lipinski definition) is 1. The van der Waals surface area contributed by atoms with Crippen molar-refractivity contribution in [2.24, 2.45) is 5.73 Å². The van der Waals surface area contributed by atoms with Crippen LogP contribution >= 0.6 is 0 Å². The lowest BCUT2D eigenvalue weighted by molar-refractivity contribution is 0.600. The molecule has 2 rings (SSSR count). The maximum absolute atomic E-state index is 6.35. The third-order valence-corrected chi connectivity index (χ3v) is 3.14. The number of aromatic nitrogens is 2. The topological polar surface area (TPSA) is 43.8 Å². The Labute approximate surface area is 102 Å².